The summed E-state index contributed by atoms with van der Waals surface area (Å²) >= 11 is 0. The van der Waals surface area contributed by atoms with Crippen LogP contribution in [0.4, 0.5) is 8.78 Å². The van der Waals surface area contributed by atoms with Gasteiger partial charge in [0, 0.05) is 0 Å². The molecule has 2 unspecified atom stereocenters. The topological polar surface area (TPSA) is 68.2 Å². The smallest absolute Gasteiger partial charge is 0.316 e. The van der Waals surface area contributed by atoms with Crippen molar-refractivity contribution in [2.45, 2.75) is 77.3 Å². The van der Waals surface area contributed by atoms with E-state index in [1.807, 2.05) is 0 Å². The lowest BCUT2D eigenvalue weighted by molar-refractivity contribution is 0.316. The molecule has 0 aromatic heterocycles. The van der Waals surface area contributed by atoms with Gasteiger partial charge in [-0.2, -0.15) is 0 Å². The Morgan fingerprint density at radius 1 is 0.600 bits per heavy atom. The SMILES string of the molecule is C[Si](C)(C)O[Si](C)(CCc1ccc(O)c(F)c1)O[Si](C)(CCc1ccc(O)c(F)c1)O[Si](C)(C)C. The van der Waals surface area contributed by atoms with E-state index in [2.05, 4.69) is 52.4 Å². The van der Waals surface area contributed by atoms with Crippen molar-refractivity contribution in [3.63, 3.8) is 0 Å². The molecule has 0 aliphatic rings. The van der Waals surface area contributed by atoms with E-state index in [0.717, 1.165) is 11.1 Å². The third-order valence-corrected chi connectivity index (χ3v) is 19.4. The second-order valence-corrected chi connectivity index (χ2v) is 27.8. The maximum atomic E-state index is 13.9. The molecule has 2 aromatic rings. The Kier molecular flexibility index (Phi) is 9.70. The average Bonchev–Trinajstić information content (AvgIpc) is 2.67. The number of phenolic OH excluding ortho intramolecular Hbond substituents is 2. The molecule has 5 nitrogen and oxygen atoms in total. The number of phenols is 2. The van der Waals surface area contributed by atoms with Gasteiger partial charge in [0.2, 0.25) is 0 Å². The predicted molar refractivity (Wildman–Crippen MR) is 146 cm³/mol. The lowest BCUT2D eigenvalue weighted by atomic mass is 10.1. The number of halogens is 2. The molecule has 0 fully saturated rings. The predicted octanol–water partition coefficient (Wildman–Crippen LogP) is 7.02. The van der Waals surface area contributed by atoms with Gasteiger partial charge in [-0.05, 0) is 113 Å². The van der Waals surface area contributed by atoms with Crippen molar-refractivity contribution in [3.8, 4) is 11.5 Å². The van der Waals surface area contributed by atoms with Crippen LogP contribution in [-0.4, -0.2) is 44.0 Å². The van der Waals surface area contributed by atoms with E-state index in [9.17, 15) is 19.0 Å². The molecule has 2 N–H and O–H groups in total. The fourth-order valence-corrected chi connectivity index (χ4v) is 22.4. The average molecular weight is 559 g/mol. The molecule has 0 amide bonds. The van der Waals surface area contributed by atoms with E-state index in [1.165, 1.54) is 24.3 Å². The molecule has 0 heterocycles. The zero-order chi connectivity index (χ0) is 26.7. The van der Waals surface area contributed by atoms with Gasteiger partial charge in [-0.1, -0.05) is 12.1 Å². The van der Waals surface area contributed by atoms with Gasteiger partial charge in [0.1, 0.15) is 0 Å². The second kappa shape index (κ2) is 11.4. The van der Waals surface area contributed by atoms with Crippen LogP contribution in [0.2, 0.25) is 64.5 Å². The lowest BCUT2D eigenvalue weighted by Gasteiger charge is -2.43. The number of benzene rings is 2. The van der Waals surface area contributed by atoms with Crippen LogP contribution in [0.3, 0.4) is 0 Å². The fourth-order valence-electron chi connectivity index (χ4n) is 4.15. The summed E-state index contributed by atoms with van der Waals surface area (Å²) in [7, 11) is -9.51. The number of hydrogen-bond donors (Lipinski definition) is 2. The van der Waals surface area contributed by atoms with Gasteiger partial charge in [0.25, 0.3) is 0 Å². The molecule has 0 bridgehead atoms. The standard InChI is InChI=1S/C24H40F2O5Si4/c1-32(2,3)29-34(7,15-13-19-9-11-23(27)21(25)17-19)31-35(8,30-33(4,5)6)16-14-20-10-12-24(28)22(26)18-20/h9-12,17-18,27-28H,13-16H2,1-8H3. The molecule has 0 spiro atoms. The quantitative estimate of drug-likeness (QED) is 0.274. The van der Waals surface area contributed by atoms with Crippen LogP contribution in [0.5, 0.6) is 11.5 Å². The zero-order valence-corrected chi connectivity index (χ0v) is 26.2. The van der Waals surface area contributed by atoms with E-state index in [-0.39, 0.29) is 11.5 Å². The van der Waals surface area contributed by atoms with Gasteiger partial charge in [-0.15, -0.1) is 0 Å². The summed E-state index contributed by atoms with van der Waals surface area (Å²) in [4.78, 5) is 0. The minimum atomic E-state index is -2.77. The molecule has 0 saturated heterocycles. The third-order valence-electron chi connectivity index (χ3n) is 5.24. The van der Waals surface area contributed by atoms with E-state index >= 15 is 0 Å². The van der Waals surface area contributed by atoms with Gasteiger partial charge in [0.15, 0.2) is 39.8 Å². The number of rotatable bonds is 12. The monoisotopic (exact) mass is 558 g/mol. The molecule has 0 radical (unpaired) electrons. The Morgan fingerprint density at radius 2 is 0.943 bits per heavy atom. The molecule has 0 aliphatic carbocycles. The largest absolute Gasteiger partial charge is 0.505 e. The van der Waals surface area contributed by atoms with E-state index in [0.29, 0.717) is 24.9 Å². The van der Waals surface area contributed by atoms with Crippen molar-refractivity contribution in [1.29, 1.82) is 0 Å². The molecule has 2 rings (SSSR count). The molecule has 0 saturated carbocycles. The first-order valence-corrected chi connectivity index (χ1v) is 23.8. The lowest BCUT2D eigenvalue weighted by Crippen LogP contribution is -2.58. The van der Waals surface area contributed by atoms with Crippen molar-refractivity contribution in [2.24, 2.45) is 0 Å². The van der Waals surface area contributed by atoms with Crippen LogP contribution >= 0.6 is 0 Å². The van der Waals surface area contributed by atoms with Crippen molar-refractivity contribution in [3.05, 3.63) is 59.2 Å². The van der Waals surface area contributed by atoms with Gasteiger partial charge < -0.3 is 22.6 Å². The van der Waals surface area contributed by atoms with Gasteiger partial charge in [-0.3, -0.25) is 0 Å². The van der Waals surface area contributed by atoms with Crippen LogP contribution in [0.25, 0.3) is 0 Å². The summed E-state index contributed by atoms with van der Waals surface area (Å²) in [5, 5.41) is 19.0. The minimum absolute atomic E-state index is 0.363. The first-order chi connectivity index (χ1) is 15.9. The molecule has 2 atom stereocenters. The first kappa shape index (κ1) is 29.9. The molecular formula is C24H40F2O5Si4. The first-order valence-electron chi connectivity index (χ1n) is 11.9. The van der Waals surface area contributed by atoms with Gasteiger partial charge >= 0.3 is 17.1 Å². The summed E-state index contributed by atoms with van der Waals surface area (Å²) < 4.78 is 48.1. The summed E-state index contributed by atoms with van der Waals surface area (Å²) in [6, 6.07) is 10.1. The maximum Gasteiger partial charge on any atom is 0.316 e. The normalized spacial score (nSPS) is 16.1. The molecule has 11 heteroatoms. The van der Waals surface area contributed by atoms with Crippen LogP contribution in [0.15, 0.2) is 36.4 Å². The highest BCUT2D eigenvalue weighted by Crippen LogP contribution is 2.32. The van der Waals surface area contributed by atoms with Crippen LogP contribution in [0.1, 0.15) is 11.1 Å². The molecule has 196 valence electrons. The van der Waals surface area contributed by atoms with Crippen LogP contribution in [0, 0.1) is 11.6 Å². The summed E-state index contributed by atoms with van der Waals surface area (Å²) in [6.45, 7) is 16.9. The van der Waals surface area contributed by atoms with Crippen LogP contribution in [-0.2, 0) is 25.2 Å². The number of aryl methyl sites for hydroxylation is 2. The highest BCUT2D eigenvalue weighted by atomic mass is 28.5. The Bertz CT molecular complexity index is 933. The van der Waals surface area contributed by atoms with Gasteiger partial charge in [0.05, 0.1) is 0 Å². The Labute approximate surface area is 212 Å². The molecular weight excluding hydrogens is 519 g/mol. The summed E-state index contributed by atoms with van der Waals surface area (Å²) in [5.41, 5.74) is 1.55. The van der Waals surface area contributed by atoms with E-state index in [4.69, 9.17) is 12.3 Å². The zero-order valence-electron chi connectivity index (χ0n) is 22.2. The maximum absolute atomic E-state index is 13.9. The van der Waals surface area contributed by atoms with Crippen molar-refractivity contribution in [1.82, 2.24) is 0 Å². The minimum Gasteiger partial charge on any atom is -0.505 e. The summed E-state index contributed by atoms with van der Waals surface area (Å²) in [5.74, 6) is -2.00. The Balaban J connectivity index is 2.30. The van der Waals surface area contributed by atoms with Crippen LogP contribution < -0.4 is 0 Å². The number of aromatic hydroxyl groups is 2. The highest BCUT2D eigenvalue weighted by molar-refractivity contribution is 6.89. The van der Waals surface area contributed by atoms with Gasteiger partial charge in [-0.25, -0.2) is 8.78 Å². The molecule has 2 aromatic carbocycles. The highest BCUT2D eigenvalue weighted by Gasteiger charge is 2.46. The van der Waals surface area contributed by atoms with Crippen molar-refractivity contribution in [2.75, 3.05) is 0 Å². The molecule has 35 heavy (non-hydrogen) atoms. The summed E-state index contributed by atoms with van der Waals surface area (Å²) in [6.07, 6.45) is 1.12. The Morgan fingerprint density at radius 3 is 1.23 bits per heavy atom. The van der Waals surface area contributed by atoms with Crippen molar-refractivity contribution < 1.29 is 31.3 Å². The third kappa shape index (κ3) is 10.3. The van der Waals surface area contributed by atoms with E-state index < -0.39 is 45.4 Å². The Hall–Kier alpha value is -1.35. The molecule has 0 aliphatic heterocycles. The fraction of sp³-hybridized carbons (Fsp3) is 0.500. The number of hydrogen-bond acceptors (Lipinski definition) is 5. The second-order valence-electron chi connectivity index (χ2n) is 11.4. The van der Waals surface area contributed by atoms with Crippen molar-refractivity contribution >= 4 is 33.8 Å². The van der Waals surface area contributed by atoms with E-state index in [1.54, 1.807) is 12.1 Å².